The summed E-state index contributed by atoms with van der Waals surface area (Å²) >= 11 is 5.44. The lowest BCUT2D eigenvalue weighted by Crippen LogP contribution is -2.22. The van der Waals surface area contributed by atoms with Crippen molar-refractivity contribution in [2.75, 3.05) is 0 Å². The molecule has 0 radical (unpaired) electrons. The van der Waals surface area contributed by atoms with Gasteiger partial charge in [0.05, 0.1) is 0 Å². The van der Waals surface area contributed by atoms with E-state index in [1.54, 1.807) is 6.07 Å². The Balaban J connectivity index is 3.07. The van der Waals surface area contributed by atoms with Crippen molar-refractivity contribution in [1.29, 1.82) is 0 Å². The number of hydrogen-bond acceptors (Lipinski definition) is 2. The van der Waals surface area contributed by atoms with Gasteiger partial charge in [0.15, 0.2) is 0 Å². The first kappa shape index (κ1) is 7.09. The first-order valence-electron chi connectivity index (χ1n) is 2.59. The van der Waals surface area contributed by atoms with Gasteiger partial charge in [-0.3, -0.25) is 0 Å². The maximum Gasteiger partial charge on any atom is -0.0206 e. The third-order valence-corrected chi connectivity index (χ3v) is 1.20. The fraction of sp³-hybridized carbons (Fsp3) is 0. The molecule has 52 valence electrons. The second kappa shape index (κ2) is 2.71. The van der Waals surface area contributed by atoms with E-state index in [4.69, 9.17) is 11.6 Å². The summed E-state index contributed by atoms with van der Waals surface area (Å²) in [4.78, 5) is 10.2. The molecule has 0 aliphatic heterocycles. The van der Waals surface area contributed by atoms with E-state index in [-0.39, 0.29) is 10.6 Å². The summed E-state index contributed by atoms with van der Waals surface area (Å²) < 4.78 is 0. The molecular formula is C7H3ClO2-2. The van der Waals surface area contributed by atoms with Crippen LogP contribution in [0.15, 0.2) is 18.2 Å². The number of carbonyl (C=O) groups excluding carboxylic acids is 1. The summed E-state index contributed by atoms with van der Waals surface area (Å²) in [7, 11) is 0. The number of carbonyl (C=O) groups is 1. The predicted octanol–water partition coefficient (Wildman–Crippen LogP) is 0.504. The molecule has 0 spiro atoms. The van der Waals surface area contributed by atoms with Crippen molar-refractivity contribution in [1.82, 2.24) is 0 Å². The molecular weight excluding hydrogens is 152 g/mol. The van der Waals surface area contributed by atoms with Gasteiger partial charge in [0, 0.05) is 0 Å². The topological polar surface area (TPSA) is 40.1 Å². The van der Waals surface area contributed by atoms with E-state index >= 15 is 0 Å². The zero-order valence-electron chi connectivity index (χ0n) is 4.93. The van der Waals surface area contributed by atoms with E-state index in [1.165, 1.54) is 12.1 Å². The maximum absolute atomic E-state index is 10.2. The van der Waals surface area contributed by atoms with Crippen molar-refractivity contribution in [3.05, 3.63) is 34.9 Å². The third kappa shape index (κ3) is 1.48. The molecule has 0 aromatic heterocycles. The van der Waals surface area contributed by atoms with Gasteiger partial charge in [-0.2, -0.15) is 0 Å². The number of benzene rings is 1. The molecule has 0 fully saturated rings. The minimum absolute atomic E-state index is 0.0208. The monoisotopic (exact) mass is 154 g/mol. The lowest BCUT2D eigenvalue weighted by atomic mass is 10.2. The highest BCUT2D eigenvalue weighted by Crippen LogP contribution is 2.08. The van der Waals surface area contributed by atoms with E-state index in [2.05, 4.69) is 6.07 Å². The molecule has 0 amide bonds. The smallest absolute Gasteiger partial charge is 0.0206 e. The van der Waals surface area contributed by atoms with E-state index in [9.17, 15) is 9.90 Å². The van der Waals surface area contributed by atoms with Crippen molar-refractivity contribution in [2.45, 2.75) is 0 Å². The zero-order chi connectivity index (χ0) is 7.56. The van der Waals surface area contributed by atoms with Crippen LogP contribution in [0.2, 0.25) is 5.02 Å². The molecule has 0 aliphatic carbocycles. The average molecular weight is 155 g/mol. The molecule has 0 unspecified atom stereocenters. The summed E-state index contributed by atoms with van der Waals surface area (Å²) in [6.45, 7) is 0. The van der Waals surface area contributed by atoms with Gasteiger partial charge in [0.2, 0.25) is 0 Å². The van der Waals surface area contributed by atoms with Gasteiger partial charge in [-0.1, -0.05) is 0 Å². The zero-order valence-corrected chi connectivity index (χ0v) is 5.68. The van der Waals surface area contributed by atoms with Gasteiger partial charge < -0.3 is 9.90 Å². The molecule has 0 heterocycles. The molecule has 0 N–H and O–H groups in total. The molecule has 3 heteroatoms. The molecule has 10 heavy (non-hydrogen) atoms. The minimum atomic E-state index is -1.26. The molecule has 0 aliphatic rings. The van der Waals surface area contributed by atoms with Crippen molar-refractivity contribution in [3.63, 3.8) is 0 Å². The highest BCUT2D eigenvalue weighted by Gasteiger charge is 1.82. The quantitative estimate of drug-likeness (QED) is 0.553. The molecule has 0 atom stereocenters. The fourth-order valence-electron chi connectivity index (χ4n) is 0.560. The van der Waals surface area contributed by atoms with Crippen LogP contribution in [0.5, 0.6) is 0 Å². The Morgan fingerprint density at radius 2 is 2.30 bits per heavy atom. The molecule has 0 saturated heterocycles. The Morgan fingerprint density at radius 3 is 2.70 bits per heavy atom. The maximum atomic E-state index is 10.2. The SMILES string of the molecule is O=C([O-])c1[c-]c(Cl)ccc1. The van der Waals surface area contributed by atoms with Crippen molar-refractivity contribution < 1.29 is 9.90 Å². The molecule has 1 aromatic rings. The number of halogens is 1. The van der Waals surface area contributed by atoms with Gasteiger partial charge in [-0.25, -0.2) is 0 Å². The fourth-order valence-corrected chi connectivity index (χ4v) is 0.734. The number of hydrogen-bond donors (Lipinski definition) is 0. The van der Waals surface area contributed by atoms with Crippen LogP contribution in [0.3, 0.4) is 0 Å². The largest absolute Gasteiger partial charge is 0.603 e. The first-order valence-corrected chi connectivity index (χ1v) is 2.97. The van der Waals surface area contributed by atoms with Crippen molar-refractivity contribution >= 4 is 17.6 Å². The first-order chi connectivity index (χ1) is 4.70. The summed E-state index contributed by atoms with van der Waals surface area (Å²) in [5.41, 5.74) is -0.0208. The number of aromatic carboxylic acids is 1. The molecule has 1 aromatic carbocycles. The van der Waals surface area contributed by atoms with Gasteiger partial charge >= 0.3 is 0 Å². The third-order valence-electron chi connectivity index (χ3n) is 0.979. The van der Waals surface area contributed by atoms with E-state index < -0.39 is 5.97 Å². The minimum Gasteiger partial charge on any atom is -0.603 e. The van der Waals surface area contributed by atoms with Crippen LogP contribution in [-0.4, -0.2) is 5.97 Å². The number of carboxylic acid groups (broad SMARTS) is 1. The second-order valence-corrected chi connectivity index (χ2v) is 2.11. The Kier molecular flexibility index (Phi) is 1.92. The highest BCUT2D eigenvalue weighted by atomic mass is 35.5. The molecule has 2 nitrogen and oxygen atoms in total. The van der Waals surface area contributed by atoms with Gasteiger partial charge in [-0.15, -0.1) is 41.4 Å². The Morgan fingerprint density at radius 1 is 1.60 bits per heavy atom. The summed E-state index contributed by atoms with van der Waals surface area (Å²) in [5, 5.41) is 10.4. The van der Waals surface area contributed by atoms with Crippen LogP contribution in [0.4, 0.5) is 0 Å². The summed E-state index contributed by atoms with van der Waals surface area (Å²) in [6, 6.07) is 6.87. The molecule has 0 saturated carbocycles. The predicted molar refractivity (Wildman–Crippen MR) is 34.6 cm³/mol. The van der Waals surface area contributed by atoms with E-state index in [0.29, 0.717) is 0 Å². The molecule has 0 bridgehead atoms. The van der Waals surface area contributed by atoms with Crippen molar-refractivity contribution in [3.8, 4) is 0 Å². The highest BCUT2D eigenvalue weighted by molar-refractivity contribution is 6.30. The Labute approximate surface area is 63.1 Å². The lowest BCUT2D eigenvalue weighted by Gasteiger charge is -2.09. The summed E-state index contributed by atoms with van der Waals surface area (Å²) in [6.07, 6.45) is 0. The van der Waals surface area contributed by atoms with E-state index in [1.807, 2.05) is 0 Å². The van der Waals surface area contributed by atoms with Gasteiger partial charge in [0.1, 0.15) is 0 Å². The lowest BCUT2D eigenvalue weighted by molar-refractivity contribution is -0.255. The normalized spacial score (nSPS) is 9.30. The molecule has 1 rings (SSSR count). The van der Waals surface area contributed by atoms with Crippen LogP contribution >= 0.6 is 11.6 Å². The van der Waals surface area contributed by atoms with E-state index in [0.717, 1.165) is 0 Å². The van der Waals surface area contributed by atoms with Gasteiger partial charge in [0.25, 0.3) is 0 Å². The van der Waals surface area contributed by atoms with Crippen LogP contribution in [-0.2, 0) is 0 Å². The Hall–Kier alpha value is -1.02. The van der Waals surface area contributed by atoms with Crippen LogP contribution < -0.4 is 5.11 Å². The summed E-state index contributed by atoms with van der Waals surface area (Å²) in [5.74, 6) is -1.26. The van der Waals surface area contributed by atoms with Crippen LogP contribution in [0, 0.1) is 6.07 Å². The number of rotatable bonds is 1. The average Bonchev–Trinajstić information content (AvgIpc) is 1.88. The van der Waals surface area contributed by atoms with Crippen LogP contribution in [0.1, 0.15) is 10.4 Å². The Bertz CT molecular complexity index is 258. The standard InChI is InChI=1S/C7H4ClO2/c8-6-3-1-2-5(4-6)7(9)10/h1-3H,(H,9,10)/q-1/p-1. The van der Waals surface area contributed by atoms with Crippen LogP contribution in [0.25, 0.3) is 0 Å². The second-order valence-electron chi connectivity index (χ2n) is 1.70. The number of carboxylic acids is 1. The van der Waals surface area contributed by atoms with Crippen molar-refractivity contribution in [2.24, 2.45) is 0 Å². The van der Waals surface area contributed by atoms with Gasteiger partial charge in [-0.05, 0) is 11.0 Å².